The Morgan fingerprint density at radius 2 is 1.96 bits per heavy atom. The Bertz CT molecular complexity index is 989. The van der Waals surface area contributed by atoms with Crippen molar-refractivity contribution in [3.63, 3.8) is 0 Å². The number of hydrogen-bond donors (Lipinski definition) is 2. The maximum Gasteiger partial charge on any atom is 0.266 e. The van der Waals surface area contributed by atoms with Crippen LogP contribution >= 0.6 is 34.5 Å². The highest BCUT2D eigenvalue weighted by molar-refractivity contribution is 7.93. The van der Waals surface area contributed by atoms with Gasteiger partial charge in [0.15, 0.2) is 5.13 Å². The van der Waals surface area contributed by atoms with Gasteiger partial charge in [0.1, 0.15) is 15.0 Å². The lowest BCUT2D eigenvalue weighted by molar-refractivity contribution is 0.209. The molecule has 0 unspecified atom stereocenters. The summed E-state index contributed by atoms with van der Waals surface area (Å²) in [6, 6.07) is 2.26. The molecule has 0 saturated carbocycles. The largest absolute Gasteiger partial charge is 0.382 e. The Labute approximate surface area is 177 Å². The molecule has 1 aromatic carbocycles. The number of aromatic nitrogens is 1. The van der Waals surface area contributed by atoms with Crippen LogP contribution in [0.5, 0.6) is 0 Å². The van der Waals surface area contributed by atoms with Crippen molar-refractivity contribution in [3.8, 4) is 0 Å². The van der Waals surface area contributed by atoms with Crippen molar-refractivity contribution in [2.45, 2.75) is 36.1 Å². The summed E-state index contributed by atoms with van der Waals surface area (Å²) in [5.41, 5.74) is 0.486. The van der Waals surface area contributed by atoms with Crippen LogP contribution < -0.4 is 10.0 Å². The van der Waals surface area contributed by atoms with Crippen LogP contribution in [0.2, 0.25) is 9.36 Å². The highest BCUT2D eigenvalue weighted by atomic mass is 35.5. The molecule has 152 valence electrons. The first-order valence-corrected chi connectivity index (χ1v) is 12.0. The van der Waals surface area contributed by atoms with Crippen molar-refractivity contribution in [1.82, 2.24) is 9.88 Å². The third-order valence-corrected chi connectivity index (χ3v) is 8.26. The maximum absolute atomic E-state index is 14.6. The summed E-state index contributed by atoms with van der Waals surface area (Å²) in [4.78, 5) is 5.77. The zero-order chi connectivity index (χ0) is 19.9. The second-order valence-corrected chi connectivity index (χ2v) is 10.8. The number of anilines is 2. The molecule has 0 atom stereocenters. The molecule has 2 aliphatic rings. The van der Waals surface area contributed by atoms with Crippen LogP contribution in [0.25, 0.3) is 0 Å². The minimum absolute atomic E-state index is 0.0596. The summed E-state index contributed by atoms with van der Waals surface area (Å²) in [5, 5.41) is 3.44. The van der Waals surface area contributed by atoms with E-state index >= 15 is 0 Å². The zero-order valence-electron chi connectivity index (χ0n) is 14.8. The first-order chi connectivity index (χ1) is 13.3. The average Bonchev–Trinajstić information content (AvgIpc) is 3.30. The average molecular weight is 465 g/mol. The fourth-order valence-electron chi connectivity index (χ4n) is 4.12. The zero-order valence-corrected chi connectivity index (χ0v) is 18.0. The van der Waals surface area contributed by atoms with Crippen LogP contribution in [-0.4, -0.2) is 43.5 Å². The van der Waals surface area contributed by atoms with Crippen molar-refractivity contribution in [2.75, 3.05) is 29.7 Å². The summed E-state index contributed by atoms with van der Waals surface area (Å²) in [5.74, 6) is -0.880. The smallest absolute Gasteiger partial charge is 0.266 e. The number of rotatable bonds is 6. The molecule has 1 aromatic heterocycles. The van der Waals surface area contributed by atoms with E-state index in [1.54, 1.807) is 0 Å². The van der Waals surface area contributed by atoms with Crippen molar-refractivity contribution < 1.29 is 12.8 Å². The quantitative estimate of drug-likeness (QED) is 0.661. The number of nitrogens with zero attached hydrogens (tertiary/aromatic N) is 2. The lowest BCUT2D eigenvalue weighted by Crippen LogP contribution is -2.44. The molecule has 2 fully saturated rings. The lowest BCUT2D eigenvalue weighted by Gasteiger charge is -2.32. The summed E-state index contributed by atoms with van der Waals surface area (Å²) < 4.78 is 42.2. The van der Waals surface area contributed by atoms with Gasteiger partial charge in [-0.25, -0.2) is 17.8 Å². The third-order valence-electron chi connectivity index (χ3n) is 5.43. The van der Waals surface area contributed by atoms with Crippen LogP contribution in [0.1, 0.15) is 25.7 Å². The van der Waals surface area contributed by atoms with E-state index in [0.29, 0.717) is 16.6 Å². The van der Waals surface area contributed by atoms with E-state index in [2.05, 4.69) is 19.9 Å². The Kier molecular flexibility index (Phi) is 5.47. The molecule has 28 heavy (non-hydrogen) atoms. The number of benzene rings is 1. The molecule has 0 spiro atoms. The Hall–Kier alpha value is -1.13. The lowest BCUT2D eigenvalue weighted by atomic mass is 9.94. The molecule has 2 aromatic rings. The highest BCUT2D eigenvalue weighted by Crippen LogP contribution is 2.39. The number of nitrogens with one attached hydrogen (secondary N) is 2. The molecule has 0 amide bonds. The fourth-order valence-corrected chi connectivity index (χ4v) is 6.55. The summed E-state index contributed by atoms with van der Waals surface area (Å²) in [6.07, 6.45) is 5.84. The summed E-state index contributed by atoms with van der Waals surface area (Å²) in [7, 11) is -4.17. The van der Waals surface area contributed by atoms with Gasteiger partial charge in [-0.05, 0) is 50.9 Å². The molecule has 2 aliphatic heterocycles. The van der Waals surface area contributed by atoms with Gasteiger partial charge in [-0.2, -0.15) is 0 Å². The van der Waals surface area contributed by atoms with Gasteiger partial charge in [0.2, 0.25) is 0 Å². The SMILES string of the molecule is O=S(=O)(Nc1ncc(Cl)s1)c1cc(Cl)c(NCC23CCCN2CCC3)cc1F. The van der Waals surface area contributed by atoms with E-state index in [-0.39, 0.29) is 15.7 Å². The van der Waals surface area contributed by atoms with E-state index in [1.165, 1.54) is 6.20 Å². The fraction of sp³-hybridized carbons (Fsp3) is 0.471. The summed E-state index contributed by atoms with van der Waals surface area (Å²) >= 11 is 13.0. The molecule has 0 radical (unpaired) electrons. The van der Waals surface area contributed by atoms with E-state index in [1.807, 2.05) is 0 Å². The summed E-state index contributed by atoms with van der Waals surface area (Å²) in [6.45, 7) is 2.84. The van der Waals surface area contributed by atoms with Gasteiger partial charge in [0.05, 0.1) is 16.9 Å². The molecule has 6 nitrogen and oxygen atoms in total. The predicted molar refractivity (Wildman–Crippen MR) is 111 cm³/mol. The van der Waals surface area contributed by atoms with E-state index in [4.69, 9.17) is 23.2 Å². The second kappa shape index (κ2) is 7.60. The third kappa shape index (κ3) is 3.82. The van der Waals surface area contributed by atoms with Crippen molar-refractivity contribution in [3.05, 3.63) is 33.5 Å². The first-order valence-electron chi connectivity index (χ1n) is 8.91. The van der Waals surface area contributed by atoms with Crippen LogP contribution in [0.15, 0.2) is 23.2 Å². The molecule has 11 heteroatoms. The van der Waals surface area contributed by atoms with Crippen LogP contribution in [0.3, 0.4) is 0 Å². The molecule has 2 saturated heterocycles. The minimum Gasteiger partial charge on any atom is -0.382 e. The maximum atomic E-state index is 14.6. The highest BCUT2D eigenvalue weighted by Gasteiger charge is 2.43. The van der Waals surface area contributed by atoms with Gasteiger partial charge in [-0.3, -0.25) is 9.62 Å². The first kappa shape index (κ1) is 20.2. The van der Waals surface area contributed by atoms with Gasteiger partial charge in [0, 0.05) is 12.1 Å². The number of halogens is 3. The Morgan fingerprint density at radius 3 is 2.61 bits per heavy atom. The van der Waals surface area contributed by atoms with E-state index in [9.17, 15) is 12.8 Å². The van der Waals surface area contributed by atoms with E-state index in [0.717, 1.165) is 62.2 Å². The Balaban J connectivity index is 1.53. The minimum atomic E-state index is -4.17. The Morgan fingerprint density at radius 1 is 1.25 bits per heavy atom. The number of thiazole rings is 1. The van der Waals surface area contributed by atoms with Gasteiger partial charge >= 0.3 is 0 Å². The van der Waals surface area contributed by atoms with Crippen LogP contribution in [0.4, 0.5) is 15.2 Å². The molecular formula is C17H19Cl2FN4O2S2. The van der Waals surface area contributed by atoms with Gasteiger partial charge in [-0.15, -0.1) is 0 Å². The van der Waals surface area contributed by atoms with Crippen molar-refractivity contribution in [2.24, 2.45) is 0 Å². The topological polar surface area (TPSA) is 74.3 Å². The van der Waals surface area contributed by atoms with Crippen molar-refractivity contribution >= 4 is 55.4 Å². The molecular weight excluding hydrogens is 446 g/mol. The molecule has 2 N–H and O–H groups in total. The number of fused-ring (bicyclic) bond motifs is 1. The standard InChI is InChI=1S/C17H19Cl2FN4O2S2/c18-11-7-14(28(25,26)23-16-21-9-15(19)27-16)12(20)8-13(11)22-10-17-3-1-5-24(17)6-2-4-17/h7-9,22H,1-6,10H2,(H,21,23). The number of hydrogen-bond acceptors (Lipinski definition) is 6. The molecule has 0 aliphatic carbocycles. The van der Waals surface area contributed by atoms with E-state index < -0.39 is 20.7 Å². The monoisotopic (exact) mass is 464 g/mol. The molecule has 0 bridgehead atoms. The number of sulfonamides is 1. The molecule has 3 heterocycles. The van der Waals surface area contributed by atoms with Gasteiger partial charge in [0.25, 0.3) is 10.0 Å². The van der Waals surface area contributed by atoms with Gasteiger partial charge in [-0.1, -0.05) is 34.5 Å². The van der Waals surface area contributed by atoms with Gasteiger partial charge < -0.3 is 5.32 Å². The van der Waals surface area contributed by atoms with Crippen molar-refractivity contribution in [1.29, 1.82) is 0 Å². The van der Waals surface area contributed by atoms with Crippen LogP contribution in [0, 0.1) is 5.82 Å². The predicted octanol–water partition coefficient (Wildman–Crippen LogP) is 4.43. The normalized spacial score (nSPS) is 19.0. The molecule has 4 rings (SSSR count). The van der Waals surface area contributed by atoms with Crippen LogP contribution in [-0.2, 0) is 10.0 Å². The second-order valence-electron chi connectivity index (χ2n) is 7.11.